The number of aliphatic hydroxyl groups is 1. The van der Waals surface area contributed by atoms with Gasteiger partial charge in [0.25, 0.3) is 0 Å². The lowest BCUT2D eigenvalue weighted by atomic mass is 9.98. The molecule has 2 N–H and O–H groups in total. The Hall–Kier alpha value is -1.56. The van der Waals surface area contributed by atoms with E-state index in [0.29, 0.717) is 19.8 Å². The molecule has 1 aromatic heterocycles. The number of ether oxygens (including phenoxy) is 2. The molecule has 2 atom stereocenters. The van der Waals surface area contributed by atoms with Crippen molar-refractivity contribution < 1.29 is 14.6 Å². The average molecular weight is 333 g/mol. The van der Waals surface area contributed by atoms with Crippen molar-refractivity contribution in [2.45, 2.75) is 31.9 Å². The summed E-state index contributed by atoms with van der Waals surface area (Å²) in [5, 5.41) is 18.0. The van der Waals surface area contributed by atoms with Crippen molar-refractivity contribution in [2.75, 3.05) is 19.8 Å². The molecule has 1 aliphatic heterocycles. The van der Waals surface area contributed by atoms with Crippen LogP contribution >= 0.6 is 11.3 Å². The molecule has 1 aromatic carbocycles. The van der Waals surface area contributed by atoms with Gasteiger partial charge in [0.15, 0.2) is 11.5 Å². The van der Waals surface area contributed by atoms with Crippen LogP contribution in [0.3, 0.4) is 0 Å². The van der Waals surface area contributed by atoms with E-state index in [0.717, 1.165) is 29.0 Å². The Morgan fingerprint density at radius 2 is 2.04 bits per heavy atom. The lowest BCUT2D eigenvalue weighted by molar-refractivity contribution is 0.0548. The summed E-state index contributed by atoms with van der Waals surface area (Å²) in [4.78, 5) is 0. The Balaban J connectivity index is 1.66. The molecule has 0 fully saturated rings. The molecule has 0 bridgehead atoms. The molecule has 0 radical (unpaired) electrons. The molecule has 124 valence electrons. The van der Waals surface area contributed by atoms with Crippen molar-refractivity contribution in [2.24, 2.45) is 0 Å². The molecule has 4 nitrogen and oxygen atoms in total. The van der Waals surface area contributed by atoms with Crippen LogP contribution in [0, 0.1) is 0 Å². The first-order valence-corrected chi connectivity index (χ1v) is 8.88. The third-order valence-electron chi connectivity index (χ3n) is 4.17. The predicted molar refractivity (Wildman–Crippen MR) is 92.4 cm³/mol. The highest BCUT2D eigenvalue weighted by Crippen LogP contribution is 2.32. The summed E-state index contributed by atoms with van der Waals surface area (Å²) >= 11 is 1.60. The zero-order valence-corrected chi connectivity index (χ0v) is 14.4. The smallest absolute Gasteiger partial charge is 0.161 e. The van der Waals surface area contributed by atoms with Crippen LogP contribution in [0.5, 0.6) is 11.5 Å². The highest BCUT2D eigenvalue weighted by molar-refractivity contribution is 7.08. The summed E-state index contributed by atoms with van der Waals surface area (Å²) in [6, 6.07) is 8.11. The van der Waals surface area contributed by atoms with Crippen molar-refractivity contribution in [1.29, 1.82) is 0 Å². The van der Waals surface area contributed by atoms with E-state index in [1.165, 1.54) is 0 Å². The Morgan fingerprint density at radius 3 is 2.78 bits per heavy atom. The Morgan fingerprint density at radius 1 is 1.26 bits per heavy atom. The highest BCUT2D eigenvalue weighted by atomic mass is 32.1. The third-order valence-corrected chi connectivity index (χ3v) is 4.85. The minimum atomic E-state index is -0.875. The Kier molecular flexibility index (Phi) is 4.90. The van der Waals surface area contributed by atoms with E-state index in [-0.39, 0.29) is 6.04 Å². The fraction of sp³-hybridized carbons (Fsp3) is 0.444. The zero-order chi connectivity index (χ0) is 16.3. The fourth-order valence-corrected chi connectivity index (χ4v) is 3.37. The minimum absolute atomic E-state index is 0.109. The summed E-state index contributed by atoms with van der Waals surface area (Å²) in [6.07, 6.45) is 0.904. The fourth-order valence-electron chi connectivity index (χ4n) is 2.59. The maximum Gasteiger partial charge on any atom is 0.161 e. The van der Waals surface area contributed by atoms with Crippen LogP contribution in [0.25, 0.3) is 0 Å². The lowest BCUT2D eigenvalue weighted by Crippen LogP contribution is -2.36. The van der Waals surface area contributed by atoms with Crippen LogP contribution in [0.4, 0.5) is 0 Å². The van der Waals surface area contributed by atoms with E-state index >= 15 is 0 Å². The van der Waals surface area contributed by atoms with Gasteiger partial charge in [-0.15, -0.1) is 0 Å². The number of nitrogens with one attached hydrogen (secondary N) is 1. The summed E-state index contributed by atoms with van der Waals surface area (Å²) in [5.74, 6) is 1.61. The molecule has 5 heteroatoms. The number of benzene rings is 1. The summed E-state index contributed by atoms with van der Waals surface area (Å²) in [6.45, 7) is 5.79. The first-order chi connectivity index (χ1) is 11.1. The van der Waals surface area contributed by atoms with E-state index in [9.17, 15) is 5.11 Å². The predicted octanol–water partition coefficient (Wildman–Crippen LogP) is 3.47. The number of rotatable bonds is 5. The normalized spacial score (nSPS) is 18.0. The number of hydrogen-bond acceptors (Lipinski definition) is 5. The average Bonchev–Trinajstić information content (AvgIpc) is 2.99. The molecule has 0 unspecified atom stereocenters. The topological polar surface area (TPSA) is 50.7 Å². The third kappa shape index (κ3) is 3.86. The lowest BCUT2D eigenvalue weighted by Gasteiger charge is -2.26. The number of thiophene rings is 1. The first kappa shape index (κ1) is 16.3. The molecule has 0 aliphatic carbocycles. The van der Waals surface area contributed by atoms with Crippen LogP contribution in [-0.4, -0.2) is 24.9 Å². The molecule has 0 saturated carbocycles. The molecule has 0 amide bonds. The molecule has 1 aliphatic rings. The van der Waals surface area contributed by atoms with Gasteiger partial charge < -0.3 is 19.9 Å². The van der Waals surface area contributed by atoms with Gasteiger partial charge in [0, 0.05) is 19.0 Å². The van der Waals surface area contributed by atoms with Crippen LogP contribution in [-0.2, 0) is 5.60 Å². The molecule has 0 spiro atoms. The van der Waals surface area contributed by atoms with Gasteiger partial charge in [0.2, 0.25) is 0 Å². The molecule has 23 heavy (non-hydrogen) atoms. The monoisotopic (exact) mass is 333 g/mol. The largest absolute Gasteiger partial charge is 0.490 e. The van der Waals surface area contributed by atoms with E-state index in [1.807, 2.05) is 41.9 Å². The van der Waals surface area contributed by atoms with E-state index in [2.05, 4.69) is 12.2 Å². The van der Waals surface area contributed by atoms with Crippen LogP contribution in [0.2, 0.25) is 0 Å². The molecule has 0 saturated heterocycles. The van der Waals surface area contributed by atoms with Crippen LogP contribution in [0.15, 0.2) is 35.0 Å². The Bertz CT molecular complexity index is 640. The van der Waals surface area contributed by atoms with Crippen LogP contribution < -0.4 is 14.8 Å². The summed E-state index contributed by atoms with van der Waals surface area (Å²) in [7, 11) is 0. The minimum Gasteiger partial charge on any atom is -0.490 e. The SMILES string of the molecule is C[C@@H](NC[C@@](C)(O)c1ccsc1)c1ccc2c(c1)OCCCO2. The molecule has 2 aromatic rings. The molecule has 2 heterocycles. The van der Waals surface area contributed by atoms with E-state index in [1.54, 1.807) is 11.3 Å². The van der Waals surface area contributed by atoms with Gasteiger partial charge in [-0.05, 0) is 53.9 Å². The van der Waals surface area contributed by atoms with E-state index < -0.39 is 5.60 Å². The van der Waals surface area contributed by atoms with Crippen molar-refractivity contribution in [3.63, 3.8) is 0 Å². The number of hydrogen-bond donors (Lipinski definition) is 2. The molecular formula is C18H23NO3S. The van der Waals surface area contributed by atoms with Gasteiger partial charge >= 0.3 is 0 Å². The summed E-state index contributed by atoms with van der Waals surface area (Å²) in [5.41, 5.74) is 1.19. The second kappa shape index (κ2) is 6.91. The second-order valence-electron chi connectivity index (χ2n) is 6.15. The van der Waals surface area contributed by atoms with Gasteiger partial charge in [-0.2, -0.15) is 11.3 Å². The van der Waals surface area contributed by atoms with Crippen molar-refractivity contribution in [1.82, 2.24) is 5.32 Å². The Labute approximate surface area is 141 Å². The molecule has 3 rings (SSSR count). The maximum atomic E-state index is 10.6. The van der Waals surface area contributed by atoms with Crippen molar-refractivity contribution >= 4 is 11.3 Å². The zero-order valence-electron chi connectivity index (χ0n) is 13.5. The van der Waals surface area contributed by atoms with Gasteiger partial charge in [0.05, 0.1) is 13.2 Å². The van der Waals surface area contributed by atoms with Crippen molar-refractivity contribution in [3.05, 3.63) is 46.2 Å². The summed E-state index contributed by atoms with van der Waals surface area (Å²) < 4.78 is 11.4. The van der Waals surface area contributed by atoms with Gasteiger partial charge in [-0.3, -0.25) is 0 Å². The quantitative estimate of drug-likeness (QED) is 0.880. The standard InChI is InChI=1S/C18H23NO3S/c1-13(19-12-18(2,20)15-6-9-23-11-15)14-4-5-16-17(10-14)22-8-3-7-21-16/h4-6,9-11,13,19-20H,3,7-8,12H2,1-2H3/t13-,18-/m1/s1. The number of fused-ring (bicyclic) bond motifs is 1. The van der Waals surface area contributed by atoms with Crippen molar-refractivity contribution in [3.8, 4) is 11.5 Å². The van der Waals surface area contributed by atoms with Gasteiger partial charge in [0.1, 0.15) is 5.60 Å². The van der Waals surface area contributed by atoms with E-state index in [4.69, 9.17) is 9.47 Å². The van der Waals surface area contributed by atoms with Crippen LogP contribution in [0.1, 0.15) is 37.4 Å². The maximum absolute atomic E-state index is 10.6. The second-order valence-corrected chi connectivity index (χ2v) is 6.93. The molecular weight excluding hydrogens is 310 g/mol. The highest BCUT2D eigenvalue weighted by Gasteiger charge is 2.24. The van der Waals surface area contributed by atoms with Gasteiger partial charge in [-0.25, -0.2) is 0 Å². The van der Waals surface area contributed by atoms with Gasteiger partial charge in [-0.1, -0.05) is 6.07 Å². The first-order valence-electron chi connectivity index (χ1n) is 7.94.